The summed E-state index contributed by atoms with van der Waals surface area (Å²) >= 11 is 0. The molecule has 0 bridgehead atoms. The maximum absolute atomic E-state index is 12.4. The predicted octanol–water partition coefficient (Wildman–Crippen LogP) is 2.56. The summed E-state index contributed by atoms with van der Waals surface area (Å²) in [7, 11) is 0. The van der Waals surface area contributed by atoms with E-state index < -0.39 is 0 Å². The lowest BCUT2D eigenvalue weighted by atomic mass is 9.95. The highest BCUT2D eigenvalue weighted by atomic mass is 16.1. The van der Waals surface area contributed by atoms with Crippen LogP contribution in [0.25, 0.3) is 10.9 Å². The van der Waals surface area contributed by atoms with Gasteiger partial charge in [-0.25, -0.2) is 9.97 Å². The van der Waals surface area contributed by atoms with Crippen molar-refractivity contribution in [2.45, 2.75) is 19.4 Å². The minimum Gasteiger partial charge on any atom is -0.356 e. The van der Waals surface area contributed by atoms with Crippen LogP contribution in [0.3, 0.4) is 0 Å². The summed E-state index contributed by atoms with van der Waals surface area (Å²) in [6, 6.07) is 13.8. The third-order valence-electron chi connectivity index (χ3n) is 4.86. The van der Waals surface area contributed by atoms with E-state index in [0.29, 0.717) is 6.54 Å². The Balaban J connectivity index is 1.37. The lowest BCUT2D eigenvalue weighted by Crippen LogP contribution is -2.40. The smallest absolute Gasteiger partial charge is 0.223 e. The number of amides is 1. The molecule has 1 aromatic carbocycles. The summed E-state index contributed by atoms with van der Waals surface area (Å²) < 4.78 is 0. The van der Waals surface area contributed by atoms with Crippen molar-refractivity contribution in [1.29, 1.82) is 0 Å². The van der Waals surface area contributed by atoms with Gasteiger partial charge in [0.05, 0.1) is 17.8 Å². The van der Waals surface area contributed by atoms with Crippen LogP contribution in [0.5, 0.6) is 0 Å². The van der Waals surface area contributed by atoms with E-state index in [1.54, 1.807) is 12.5 Å². The summed E-state index contributed by atoms with van der Waals surface area (Å²) in [5.41, 5.74) is 1.83. The fraction of sp³-hybridized carbons (Fsp3) is 0.300. The average Bonchev–Trinajstić information content (AvgIpc) is 2.72. The minimum absolute atomic E-state index is 0.0445. The number of pyridine rings is 1. The summed E-state index contributed by atoms with van der Waals surface area (Å²) in [5, 5.41) is 4.07. The van der Waals surface area contributed by atoms with Gasteiger partial charge in [0.1, 0.15) is 12.1 Å². The summed E-state index contributed by atoms with van der Waals surface area (Å²) in [6.07, 6.45) is 5.01. The van der Waals surface area contributed by atoms with Crippen molar-refractivity contribution in [3.8, 4) is 0 Å². The van der Waals surface area contributed by atoms with E-state index in [4.69, 9.17) is 0 Å². The fourth-order valence-corrected chi connectivity index (χ4v) is 3.42. The van der Waals surface area contributed by atoms with Crippen molar-refractivity contribution < 1.29 is 4.79 Å². The van der Waals surface area contributed by atoms with E-state index in [-0.39, 0.29) is 11.8 Å². The highest BCUT2D eigenvalue weighted by Gasteiger charge is 2.26. The standard InChI is InChI=1S/C20H21N5O/c26-20(22-13-16-5-3-4-10-21-16)15-8-11-25(12-9-15)19-17-6-1-2-7-18(17)23-14-24-19/h1-7,10,14-15H,8-9,11-13H2,(H,22,26). The molecule has 1 fully saturated rings. The Morgan fingerprint density at radius 1 is 1.04 bits per heavy atom. The number of para-hydroxylation sites is 1. The van der Waals surface area contributed by atoms with E-state index in [2.05, 4.69) is 31.2 Å². The quantitative estimate of drug-likeness (QED) is 0.785. The van der Waals surface area contributed by atoms with Crippen molar-refractivity contribution in [3.63, 3.8) is 0 Å². The van der Waals surface area contributed by atoms with Gasteiger partial charge in [0.15, 0.2) is 0 Å². The molecule has 6 nitrogen and oxygen atoms in total. The highest BCUT2D eigenvalue weighted by molar-refractivity contribution is 5.89. The Bertz CT molecular complexity index is 886. The Hall–Kier alpha value is -3.02. The number of carbonyl (C=O) groups excluding carboxylic acids is 1. The normalized spacial score (nSPS) is 15.2. The first-order chi connectivity index (χ1) is 12.8. The van der Waals surface area contributed by atoms with Crippen LogP contribution in [0.1, 0.15) is 18.5 Å². The molecule has 0 unspecified atom stereocenters. The Labute approximate surface area is 152 Å². The molecule has 2 aromatic heterocycles. The van der Waals surface area contributed by atoms with Crippen LogP contribution in [-0.2, 0) is 11.3 Å². The number of anilines is 1. The van der Waals surface area contributed by atoms with Crippen LogP contribution in [0.2, 0.25) is 0 Å². The first kappa shape index (κ1) is 16.4. The van der Waals surface area contributed by atoms with Crippen LogP contribution < -0.4 is 10.2 Å². The van der Waals surface area contributed by atoms with Gasteiger partial charge in [0.2, 0.25) is 5.91 Å². The van der Waals surface area contributed by atoms with Crippen molar-refractivity contribution in [2.24, 2.45) is 5.92 Å². The molecule has 1 saturated heterocycles. The van der Waals surface area contributed by atoms with Gasteiger partial charge < -0.3 is 10.2 Å². The second kappa shape index (κ2) is 7.47. The number of rotatable bonds is 4. The van der Waals surface area contributed by atoms with Crippen LogP contribution in [0.15, 0.2) is 55.0 Å². The second-order valence-corrected chi connectivity index (χ2v) is 6.51. The molecule has 3 heterocycles. The monoisotopic (exact) mass is 347 g/mol. The lowest BCUT2D eigenvalue weighted by molar-refractivity contribution is -0.125. The molecule has 6 heteroatoms. The van der Waals surface area contributed by atoms with E-state index >= 15 is 0 Å². The van der Waals surface area contributed by atoms with Gasteiger partial charge in [-0.15, -0.1) is 0 Å². The van der Waals surface area contributed by atoms with Crippen molar-refractivity contribution in [3.05, 3.63) is 60.7 Å². The van der Waals surface area contributed by atoms with Gasteiger partial charge in [-0.2, -0.15) is 0 Å². The fourth-order valence-electron chi connectivity index (χ4n) is 3.42. The largest absolute Gasteiger partial charge is 0.356 e. The van der Waals surface area contributed by atoms with Crippen LogP contribution in [0.4, 0.5) is 5.82 Å². The third kappa shape index (κ3) is 3.49. The third-order valence-corrected chi connectivity index (χ3v) is 4.86. The van der Waals surface area contributed by atoms with Gasteiger partial charge >= 0.3 is 0 Å². The Morgan fingerprint density at radius 2 is 1.85 bits per heavy atom. The molecule has 0 radical (unpaired) electrons. The molecule has 0 aliphatic carbocycles. The van der Waals surface area contributed by atoms with E-state index in [9.17, 15) is 4.79 Å². The van der Waals surface area contributed by atoms with Gasteiger partial charge in [0.25, 0.3) is 0 Å². The van der Waals surface area contributed by atoms with Crippen LogP contribution in [0, 0.1) is 5.92 Å². The molecule has 26 heavy (non-hydrogen) atoms. The number of benzene rings is 1. The maximum Gasteiger partial charge on any atom is 0.223 e. The molecular weight excluding hydrogens is 326 g/mol. The molecule has 4 rings (SSSR count). The predicted molar refractivity (Wildman–Crippen MR) is 101 cm³/mol. The number of nitrogens with zero attached hydrogens (tertiary/aromatic N) is 4. The molecule has 1 aliphatic heterocycles. The zero-order valence-electron chi connectivity index (χ0n) is 14.5. The number of aromatic nitrogens is 3. The summed E-state index contributed by atoms with van der Waals surface area (Å²) in [5.74, 6) is 1.12. The number of hydrogen-bond acceptors (Lipinski definition) is 5. The van der Waals surface area contributed by atoms with E-state index in [1.165, 1.54) is 0 Å². The molecule has 0 atom stereocenters. The first-order valence-corrected chi connectivity index (χ1v) is 8.93. The van der Waals surface area contributed by atoms with Crippen LogP contribution >= 0.6 is 0 Å². The zero-order chi connectivity index (χ0) is 17.8. The van der Waals surface area contributed by atoms with Gasteiger partial charge in [0, 0.05) is 30.6 Å². The molecule has 132 valence electrons. The number of fused-ring (bicyclic) bond motifs is 1. The Morgan fingerprint density at radius 3 is 2.65 bits per heavy atom. The SMILES string of the molecule is O=C(NCc1ccccn1)C1CCN(c2ncnc3ccccc23)CC1. The first-order valence-electron chi connectivity index (χ1n) is 8.93. The molecule has 0 saturated carbocycles. The maximum atomic E-state index is 12.4. The van der Waals surface area contributed by atoms with Gasteiger partial charge in [-0.3, -0.25) is 9.78 Å². The topological polar surface area (TPSA) is 71.0 Å². The number of nitrogens with one attached hydrogen (secondary N) is 1. The summed E-state index contributed by atoms with van der Waals surface area (Å²) in [6.45, 7) is 2.13. The summed E-state index contributed by atoms with van der Waals surface area (Å²) in [4.78, 5) is 27.7. The second-order valence-electron chi connectivity index (χ2n) is 6.51. The van der Waals surface area contributed by atoms with E-state index in [1.807, 2.05) is 36.4 Å². The molecule has 0 spiro atoms. The van der Waals surface area contributed by atoms with Crippen molar-refractivity contribution >= 4 is 22.6 Å². The van der Waals surface area contributed by atoms with Crippen LogP contribution in [-0.4, -0.2) is 33.9 Å². The van der Waals surface area contributed by atoms with Gasteiger partial charge in [-0.05, 0) is 37.1 Å². The van der Waals surface area contributed by atoms with Crippen molar-refractivity contribution in [2.75, 3.05) is 18.0 Å². The molecule has 1 N–H and O–H groups in total. The molecular formula is C20H21N5O. The van der Waals surface area contributed by atoms with Gasteiger partial charge in [-0.1, -0.05) is 18.2 Å². The molecule has 1 amide bonds. The molecule has 3 aromatic rings. The number of carbonyl (C=O) groups is 1. The Kier molecular flexibility index (Phi) is 4.73. The average molecular weight is 347 g/mol. The van der Waals surface area contributed by atoms with Crippen molar-refractivity contribution in [1.82, 2.24) is 20.3 Å². The zero-order valence-corrected chi connectivity index (χ0v) is 14.5. The lowest BCUT2D eigenvalue weighted by Gasteiger charge is -2.32. The minimum atomic E-state index is 0.0445. The highest BCUT2D eigenvalue weighted by Crippen LogP contribution is 2.27. The molecule has 1 aliphatic rings. The van der Waals surface area contributed by atoms with E-state index in [0.717, 1.165) is 48.3 Å². The number of hydrogen-bond donors (Lipinski definition) is 1. The number of piperidine rings is 1.